The maximum Gasteiger partial charge on any atom is 0.314 e. The molecule has 0 fully saturated rings. The van der Waals surface area contributed by atoms with Gasteiger partial charge in [-0.2, -0.15) is 0 Å². The van der Waals surface area contributed by atoms with Crippen molar-refractivity contribution in [1.29, 1.82) is 0 Å². The van der Waals surface area contributed by atoms with Crippen molar-refractivity contribution < 1.29 is 9.59 Å². The Kier molecular flexibility index (Phi) is 12.9. The van der Waals surface area contributed by atoms with Crippen LogP contribution < -0.4 is 21.3 Å². The molecule has 118 valence electrons. The molecule has 0 saturated carbocycles. The van der Waals surface area contributed by atoms with E-state index in [1.807, 2.05) is 13.8 Å². The van der Waals surface area contributed by atoms with Crippen LogP contribution in [0.15, 0.2) is 0 Å². The molecule has 0 radical (unpaired) electrons. The van der Waals surface area contributed by atoms with Crippen LogP contribution in [0.1, 0.15) is 52.4 Å². The molecule has 0 unspecified atom stereocenters. The Bertz CT molecular complexity index is 234. The average Bonchev–Trinajstić information content (AvgIpc) is 2.45. The molecule has 20 heavy (non-hydrogen) atoms. The van der Waals surface area contributed by atoms with Gasteiger partial charge in [0.2, 0.25) is 0 Å². The van der Waals surface area contributed by atoms with E-state index in [1.165, 1.54) is 0 Å². The Hall–Kier alpha value is -1.46. The smallest absolute Gasteiger partial charge is 0.314 e. The molecule has 0 aromatic heterocycles. The molecular formula is C14H30N4O2. The molecule has 6 nitrogen and oxygen atoms in total. The van der Waals surface area contributed by atoms with Crippen LogP contribution in [0.25, 0.3) is 0 Å². The van der Waals surface area contributed by atoms with Crippen LogP contribution >= 0.6 is 0 Å². The second-order valence-corrected chi connectivity index (χ2v) is 4.78. The fourth-order valence-corrected chi connectivity index (χ4v) is 1.61. The van der Waals surface area contributed by atoms with E-state index in [0.717, 1.165) is 51.6 Å². The molecule has 0 rings (SSSR count). The maximum absolute atomic E-state index is 11.2. The summed E-state index contributed by atoms with van der Waals surface area (Å²) >= 11 is 0. The van der Waals surface area contributed by atoms with Crippen molar-refractivity contribution in [2.45, 2.75) is 52.4 Å². The van der Waals surface area contributed by atoms with Crippen molar-refractivity contribution in [3.63, 3.8) is 0 Å². The van der Waals surface area contributed by atoms with E-state index in [2.05, 4.69) is 21.3 Å². The molecule has 0 spiro atoms. The third-order valence-electron chi connectivity index (χ3n) is 2.75. The van der Waals surface area contributed by atoms with Crippen molar-refractivity contribution in [2.75, 3.05) is 26.2 Å². The van der Waals surface area contributed by atoms with E-state index < -0.39 is 0 Å². The highest BCUT2D eigenvalue weighted by molar-refractivity contribution is 5.74. The molecule has 0 aliphatic heterocycles. The predicted molar refractivity (Wildman–Crippen MR) is 81.9 cm³/mol. The number of carbonyl (C=O) groups is 2. The summed E-state index contributed by atoms with van der Waals surface area (Å²) < 4.78 is 0. The first-order chi connectivity index (χ1) is 9.70. The zero-order chi connectivity index (χ0) is 15.1. The van der Waals surface area contributed by atoms with Crippen molar-refractivity contribution in [2.24, 2.45) is 0 Å². The summed E-state index contributed by atoms with van der Waals surface area (Å²) in [6.45, 7) is 6.91. The summed E-state index contributed by atoms with van der Waals surface area (Å²) in [5.41, 5.74) is 0. The van der Waals surface area contributed by atoms with Crippen LogP contribution in [-0.2, 0) is 0 Å². The third-order valence-corrected chi connectivity index (χ3v) is 2.75. The first kappa shape index (κ1) is 18.5. The van der Waals surface area contributed by atoms with E-state index in [9.17, 15) is 9.59 Å². The van der Waals surface area contributed by atoms with Gasteiger partial charge in [0.1, 0.15) is 0 Å². The Morgan fingerprint density at radius 3 is 1.30 bits per heavy atom. The number of urea groups is 2. The summed E-state index contributed by atoms with van der Waals surface area (Å²) in [5.74, 6) is 0. The van der Waals surface area contributed by atoms with Gasteiger partial charge >= 0.3 is 12.1 Å². The number of amides is 4. The van der Waals surface area contributed by atoms with Crippen LogP contribution in [-0.4, -0.2) is 38.2 Å². The molecule has 0 heterocycles. The van der Waals surface area contributed by atoms with Gasteiger partial charge in [0, 0.05) is 26.2 Å². The number of rotatable bonds is 11. The minimum Gasteiger partial charge on any atom is -0.338 e. The lowest BCUT2D eigenvalue weighted by atomic mass is 10.2. The van der Waals surface area contributed by atoms with Crippen LogP contribution in [0.5, 0.6) is 0 Å². The Morgan fingerprint density at radius 1 is 0.600 bits per heavy atom. The SMILES string of the molecule is CCCNC(=O)NCCCCCCNC(=O)NCCC. The van der Waals surface area contributed by atoms with Gasteiger partial charge in [0.25, 0.3) is 0 Å². The van der Waals surface area contributed by atoms with Crippen LogP contribution in [0.4, 0.5) is 9.59 Å². The van der Waals surface area contributed by atoms with Crippen molar-refractivity contribution in [1.82, 2.24) is 21.3 Å². The van der Waals surface area contributed by atoms with Crippen LogP contribution in [0.2, 0.25) is 0 Å². The summed E-state index contributed by atoms with van der Waals surface area (Å²) in [6.07, 6.45) is 5.97. The van der Waals surface area contributed by atoms with E-state index in [4.69, 9.17) is 0 Å². The number of carbonyl (C=O) groups excluding carboxylic acids is 2. The van der Waals surface area contributed by atoms with Gasteiger partial charge in [-0.25, -0.2) is 9.59 Å². The molecule has 0 aliphatic carbocycles. The van der Waals surface area contributed by atoms with E-state index in [1.54, 1.807) is 0 Å². The van der Waals surface area contributed by atoms with Gasteiger partial charge in [0.05, 0.1) is 0 Å². The topological polar surface area (TPSA) is 82.3 Å². The first-order valence-electron chi connectivity index (χ1n) is 7.74. The van der Waals surface area contributed by atoms with E-state index in [-0.39, 0.29) is 12.1 Å². The second kappa shape index (κ2) is 14.0. The lowest BCUT2D eigenvalue weighted by molar-refractivity contribution is 0.239. The number of unbranched alkanes of at least 4 members (excludes halogenated alkanes) is 3. The molecule has 0 atom stereocenters. The maximum atomic E-state index is 11.2. The fourth-order valence-electron chi connectivity index (χ4n) is 1.61. The summed E-state index contributed by atoms with van der Waals surface area (Å²) in [7, 11) is 0. The Morgan fingerprint density at radius 2 is 0.950 bits per heavy atom. The predicted octanol–water partition coefficient (Wildman–Crippen LogP) is 1.97. The highest BCUT2D eigenvalue weighted by Gasteiger charge is 1.98. The molecule has 0 bridgehead atoms. The Balaban J connectivity index is 3.20. The first-order valence-corrected chi connectivity index (χ1v) is 7.74. The highest BCUT2D eigenvalue weighted by Crippen LogP contribution is 1.97. The minimum atomic E-state index is -0.0823. The molecule has 6 heteroatoms. The van der Waals surface area contributed by atoms with Crippen molar-refractivity contribution in [3.05, 3.63) is 0 Å². The lowest BCUT2D eigenvalue weighted by Crippen LogP contribution is -2.36. The average molecular weight is 286 g/mol. The van der Waals surface area contributed by atoms with Gasteiger partial charge < -0.3 is 21.3 Å². The molecule has 0 aliphatic rings. The second-order valence-electron chi connectivity index (χ2n) is 4.78. The summed E-state index contributed by atoms with van der Waals surface area (Å²) in [5, 5.41) is 11.2. The monoisotopic (exact) mass is 286 g/mol. The van der Waals surface area contributed by atoms with Crippen LogP contribution in [0.3, 0.4) is 0 Å². The van der Waals surface area contributed by atoms with Crippen LogP contribution in [0, 0.1) is 0 Å². The molecule has 4 N–H and O–H groups in total. The number of hydrogen-bond donors (Lipinski definition) is 4. The third kappa shape index (κ3) is 13.0. The minimum absolute atomic E-state index is 0.0823. The standard InChI is InChI=1S/C14H30N4O2/c1-3-9-15-13(19)17-11-7-5-6-8-12-18-14(20)16-10-4-2/h3-12H2,1-2H3,(H2,15,17,19)(H2,16,18,20). The molecule has 0 saturated heterocycles. The zero-order valence-electron chi connectivity index (χ0n) is 12.9. The van der Waals surface area contributed by atoms with Gasteiger partial charge in [0.15, 0.2) is 0 Å². The molecule has 0 aromatic carbocycles. The molecular weight excluding hydrogens is 256 g/mol. The van der Waals surface area contributed by atoms with Gasteiger partial charge in [-0.15, -0.1) is 0 Å². The Labute approximate surface area is 122 Å². The largest absolute Gasteiger partial charge is 0.338 e. The normalized spacial score (nSPS) is 9.90. The summed E-state index contributed by atoms with van der Waals surface area (Å²) in [4.78, 5) is 22.4. The quantitative estimate of drug-likeness (QED) is 0.438. The van der Waals surface area contributed by atoms with Crippen molar-refractivity contribution >= 4 is 12.1 Å². The number of nitrogens with one attached hydrogen (secondary N) is 4. The fraction of sp³-hybridized carbons (Fsp3) is 0.857. The zero-order valence-corrected chi connectivity index (χ0v) is 12.9. The molecule has 4 amide bonds. The van der Waals surface area contributed by atoms with E-state index >= 15 is 0 Å². The van der Waals surface area contributed by atoms with Gasteiger partial charge in [-0.3, -0.25) is 0 Å². The van der Waals surface area contributed by atoms with Gasteiger partial charge in [-0.05, 0) is 25.7 Å². The van der Waals surface area contributed by atoms with Crippen molar-refractivity contribution in [3.8, 4) is 0 Å². The molecule has 0 aromatic rings. The summed E-state index contributed by atoms with van der Waals surface area (Å²) in [6, 6.07) is -0.165. The highest BCUT2D eigenvalue weighted by atomic mass is 16.2. The number of hydrogen-bond acceptors (Lipinski definition) is 2. The van der Waals surface area contributed by atoms with Gasteiger partial charge in [-0.1, -0.05) is 26.7 Å². The van der Waals surface area contributed by atoms with E-state index in [0.29, 0.717) is 13.1 Å². The lowest BCUT2D eigenvalue weighted by Gasteiger charge is -2.07.